The molecule has 0 aliphatic carbocycles. The molecule has 102 valence electrons. The molecule has 0 aliphatic rings. The van der Waals surface area contributed by atoms with Crippen molar-refractivity contribution < 1.29 is 0 Å². The molecule has 1 nitrogen and oxygen atoms in total. The van der Waals surface area contributed by atoms with Gasteiger partial charge >= 0.3 is 0 Å². The summed E-state index contributed by atoms with van der Waals surface area (Å²) in [6.07, 6.45) is 1.07. The second-order valence-corrected chi connectivity index (χ2v) is 6.44. The Labute approximate surface area is 128 Å². The van der Waals surface area contributed by atoms with Gasteiger partial charge in [-0.3, -0.25) is 0 Å². The summed E-state index contributed by atoms with van der Waals surface area (Å²) in [7, 11) is 0. The summed E-state index contributed by atoms with van der Waals surface area (Å²) < 4.78 is 0. The van der Waals surface area contributed by atoms with Crippen molar-refractivity contribution in [1.82, 2.24) is 5.32 Å². The molecule has 1 atom stereocenters. The minimum atomic E-state index is 0.0612. The van der Waals surface area contributed by atoms with E-state index in [2.05, 4.69) is 30.6 Å². The van der Waals surface area contributed by atoms with Crippen molar-refractivity contribution in [2.24, 2.45) is 0 Å². The van der Waals surface area contributed by atoms with E-state index in [0.717, 1.165) is 18.5 Å². The first-order chi connectivity index (χ1) is 9.13. The first-order valence-electron chi connectivity index (χ1n) is 6.35. The highest BCUT2D eigenvalue weighted by molar-refractivity contribution is 7.10. The van der Waals surface area contributed by atoms with Gasteiger partial charge in [-0.15, -0.1) is 11.3 Å². The SMILES string of the molecule is CCCNC(c1csc(C)c1)c1c(Cl)cccc1Cl. The average Bonchev–Trinajstić information content (AvgIpc) is 2.79. The molecule has 0 saturated carbocycles. The van der Waals surface area contributed by atoms with E-state index in [1.807, 2.05) is 18.2 Å². The minimum Gasteiger partial charge on any atom is -0.306 e. The number of thiophene rings is 1. The van der Waals surface area contributed by atoms with Crippen LogP contribution in [0.5, 0.6) is 0 Å². The molecule has 0 fully saturated rings. The molecule has 0 amide bonds. The Hall–Kier alpha value is -0.540. The third-order valence-electron chi connectivity index (χ3n) is 2.97. The predicted octanol–water partition coefficient (Wildman–Crippen LogP) is 5.45. The van der Waals surface area contributed by atoms with Crippen LogP contribution in [0.4, 0.5) is 0 Å². The number of rotatable bonds is 5. The molecular weight excluding hydrogens is 297 g/mol. The van der Waals surface area contributed by atoms with Crippen LogP contribution < -0.4 is 5.32 Å². The van der Waals surface area contributed by atoms with Crippen LogP contribution in [0.25, 0.3) is 0 Å². The third-order valence-corrected chi connectivity index (χ3v) is 4.51. The van der Waals surface area contributed by atoms with Crippen LogP contribution >= 0.6 is 34.5 Å². The average molecular weight is 314 g/mol. The summed E-state index contributed by atoms with van der Waals surface area (Å²) in [4.78, 5) is 1.29. The molecule has 1 unspecified atom stereocenters. The minimum absolute atomic E-state index is 0.0612. The Morgan fingerprint density at radius 2 is 1.95 bits per heavy atom. The molecule has 0 radical (unpaired) electrons. The quantitative estimate of drug-likeness (QED) is 0.773. The van der Waals surface area contributed by atoms with Gasteiger partial charge in [0.1, 0.15) is 0 Å². The molecule has 1 heterocycles. The van der Waals surface area contributed by atoms with Crippen LogP contribution in [0.2, 0.25) is 10.0 Å². The maximum Gasteiger partial charge on any atom is 0.0614 e. The fraction of sp³-hybridized carbons (Fsp3) is 0.333. The Bertz CT molecular complexity index is 531. The molecule has 0 spiro atoms. The van der Waals surface area contributed by atoms with Gasteiger partial charge in [0, 0.05) is 20.5 Å². The lowest BCUT2D eigenvalue weighted by Gasteiger charge is -2.20. The molecule has 4 heteroatoms. The molecule has 19 heavy (non-hydrogen) atoms. The van der Waals surface area contributed by atoms with Gasteiger partial charge in [-0.05, 0) is 49.0 Å². The smallest absolute Gasteiger partial charge is 0.0614 e. The summed E-state index contributed by atoms with van der Waals surface area (Å²) in [5, 5.41) is 7.13. The van der Waals surface area contributed by atoms with Crippen molar-refractivity contribution in [3.63, 3.8) is 0 Å². The number of hydrogen-bond acceptors (Lipinski definition) is 2. The molecule has 0 aliphatic heterocycles. The number of nitrogens with one attached hydrogen (secondary N) is 1. The van der Waals surface area contributed by atoms with Gasteiger partial charge in [0.25, 0.3) is 0 Å². The summed E-state index contributed by atoms with van der Waals surface area (Å²) in [6.45, 7) is 5.19. The zero-order chi connectivity index (χ0) is 13.8. The monoisotopic (exact) mass is 313 g/mol. The molecule has 1 N–H and O–H groups in total. The zero-order valence-electron chi connectivity index (χ0n) is 11.0. The van der Waals surface area contributed by atoms with Crippen molar-refractivity contribution in [2.45, 2.75) is 26.3 Å². The van der Waals surface area contributed by atoms with Gasteiger partial charge in [0.2, 0.25) is 0 Å². The summed E-state index contributed by atoms with van der Waals surface area (Å²) in [6, 6.07) is 7.92. The van der Waals surface area contributed by atoms with E-state index in [9.17, 15) is 0 Å². The number of halogens is 2. The second-order valence-electron chi connectivity index (χ2n) is 4.51. The van der Waals surface area contributed by atoms with Gasteiger partial charge < -0.3 is 5.32 Å². The predicted molar refractivity (Wildman–Crippen MR) is 85.7 cm³/mol. The lowest BCUT2D eigenvalue weighted by atomic mass is 10.0. The zero-order valence-corrected chi connectivity index (χ0v) is 13.4. The van der Waals surface area contributed by atoms with Crippen LogP contribution in [-0.2, 0) is 0 Å². The van der Waals surface area contributed by atoms with Gasteiger partial charge in [-0.2, -0.15) is 0 Å². The number of hydrogen-bond donors (Lipinski definition) is 1. The van der Waals surface area contributed by atoms with E-state index >= 15 is 0 Å². The van der Waals surface area contributed by atoms with E-state index in [0.29, 0.717) is 10.0 Å². The maximum atomic E-state index is 6.34. The highest BCUT2D eigenvalue weighted by atomic mass is 35.5. The van der Waals surface area contributed by atoms with Gasteiger partial charge in [0.15, 0.2) is 0 Å². The van der Waals surface area contributed by atoms with Gasteiger partial charge in [0.05, 0.1) is 6.04 Å². The third kappa shape index (κ3) is 3.51. The van der Waals surface area contributed by atoms with E-state index in [1.165, 1.54) is 10.4 Å². The Balaban J connectivity index is 2.42. The summed E-state index contributed by atoms with van der Waals surface area (Å²) in [5.74, 6) is 0. The van der Waals surface area contributed by atoms with Gasteiger partial charge in [-0.25, -0.2) is 0 Å². The van der Waals surface area contributed by atoms with Crippen molar-refractivity contribution in [3.8, 4) is 0 Å². The van der Waals surface area contributed by atoms with Crippen LogP contribution in [0.3, 0.4) is 0 Å². The fourth-order valence-electron chi connectivity index (χ4n) is 2.08. The molecule has 1 aromatic carbocycles. The molecule has 0 bridgehead atoms. The highest BCUT2D eigenvalue weighted by Crippen LogP contribution is 2.35. The van der Waals surface area contributed by atoms with Crippen molar-refractivity contribution in [2.75, 3.05) is 6.54 Å². The maximum absolute atomic E-state index is 6.34. The van der Waals surface area contributed by atoms with Crippen molar-refractivity contribution in [3.05, 3.63) is 55.7 Å². The van der Waals surface area contributed by atoms with Crippen LogP contribution in [0, 0.1) is 6.92 Å². The van der Waals surface area contributed by atoms with Crippen LogP contribution in [0.1, 0.15) is 35.4 Å². The lowest BCUT2D eigenvalue weighted by molar-refractivity contribution is 0.600. The molecular formula is C15H17Cl2NS. The van der Waals surface area contributed by atoms with E-state index in [4.69, 9.17) is 23.2 Å². The first-order valence-corrected chi connectivity index (χ1v) is 7.99. The Kier molecular flexibility index (Phi) is 5.28. The van der Waals surface area contributed by atoms with Gasteiger partial charge in [-0.1, -0.05) is 36.2 Å². The second kappa shape index (κ2) is 6.76. The summed E-state index contributed by atoms with van der Waals surface area (Å²) >= 11 is 14.4. The van der Waals surface area contributed by atoms with Crippen LogP contribution in [0.15, 0.2) is 29.6 Å². The molecule has 1 aromatic heterocycles. The lowest BCUT2D eigenvalue weighted by Crippen LogP contribution is -2.23. The first kappa shape index (κ1) is 14.9. The molecule has 2 aromatic rings. The van der Waals surface area contributed by atoms with E-state index < -0.39 is 0 Å². The molecule has 0 saturated heterocycles. The Morgan fingerprint density at radius 1 is 1.26 bits per heavy atom. The van der Waals surface area contributed by atoms with Crippen molar-refractivity contribution in [1.29, 1.82) is 0 Å². The highest BCUT2D eigenvalue weighted by Gasteiger charge is 2.20. The van der Waals surface area contributed by atoms with Crippen molar-refractivity contribution >= 4 is 34.5 Å². The van der Waals surface area contributed by atoms with Crippen LogP contribution in [-0.4, -0.2) is 6.54 Å². The van der Waals surface area contributed by atoms with E-state index in [-0.39, 0.29) is 6.04 Å². The number of benzene rings is 1. The number of aryl methyl sites for hydroxylation is 1. The topological polar surface area (TPSA) is 12.0 Å². The molecule has 2 rings (SSSR count). The normalized spacial score (nSPS) is 12.6. The Morgan fingerprint density at radius 3 is 2.47 bits per heavy atom. The largest absolute Gasteiger partial charge is 0.306 e. The standard InChI is InChI=1S/C15H17Cl2NS/c1-3-7-18-15(11-8-10(2)19-9-11)14-12(16)5-4-6-13(14)17/h4-6,8-9,15,18H,3,7H2,1-2H3. The fourth-order valence-corrected chi connectivity index (χ4v) is 3.42. The summed E-state index contributed by atoms with van der Waals surface area (Å²) in [5.41, 5.74) is 2.20. The van der Waals surface area contributed by atoms with E-state index in [1.54, 1.807) is 11.3 Å².